The Labute approximate surface area is 152 Å². The average Bonchev–Trinajstić information content (AvgIpc) is 3.06. The second kappa shape index (κ2) is 9.57. The van der Waals surface area contributed by atoms with Crippen molar-refractivity contribution >= 4 is 23.3 Å². The number of benzene rings is 1. The Bertz CT molecular complexity index is 725. The summed E-state index contributed by atoms with van der Waals surface area (Å²) in [5, 5.41) is 12.5. The van der Waals surface area contributed by atoms with Crippen LogP contribution in [-0.2, 0) is 22.6 Å². The number of hydrogen-bond donors (Lipinski definition) is 3. The smallest absolute Gasteiger partial charge is 0.319 e. The van der Waals surface area contributed by atoms with E-state index in [1.807, 2.05) is 38.1 Å². The van der Waals surface area contributed by atoms with Crippen molar-refractivity contribution < 1.29 is 14.3 Å². The normalized spacial score (nSPS) is 10.6. The molecule has 0 radical (unpaired) electrons. The highest BCUT2D eigenvalue weighted by atomic mass is 16.5. The minimum absolute atomic E-state index is 0.0266. The number of urea groups is 1. The van der Waals surface area contributed by atoms with Crippen LogP contribution >= 0.6 is 0 Å². The summed E-state index contributed by atoms with van der Waals surface area (Å²) in [6, 6.07) is 7.04. The first kappa shape index (κ1) is 19.5. The van der Waals surface area contributed by atoms with Crippen LogP contribution in [0.1, 0.15) is 19.4 Å². The van der Waals surface area contributed by atoms with Crippen molar-refractivity contribution in [1.29, 1.82) is 0 Å². The van der Waals surface area contributed by atoms with Crippen LogP contribution in [0.5, 0.6) is 0 Å². The van der Waals surface area contributed by atoms with Crippen molar-refractivity contribution in [3.8, 4) is 0 Å². The van der Waals surface area contributed by atoms with Crippen LogP contribution in [0.15, 0.2) is 36.7 Å². The van der Waals surface area contributed by atoms with Gasteiger partial charge in [0.2, 0.25) is 5.91 Å². The number of aromatic nitrogens is 2. The van der Waals surface area contributed by atoms with Crippen molar-refractivity contribution in [2.45, 2.75) is 26.9 Å². The third kappa shape index (κ3) is 6.21. The second-order valence-corrected chi connectivity index (χ2v) is 6.13. The van der Waals surface area contributed by atoms with Gasteiger partial charge < -0.3 is 20.7 Å². The first-order valence-electron chi connectivity index (χ1n) is 8.44. The minimum Gasteiger partial charge on any atom is -0.383 e. The van der Waals surface area contributed by atoms with E-state index >= 15 is 0 Å². The Kier molecular flexibility index (Phi) is 7.16. The van der Waals surface area contributed by atoms with E-state index in [1.165, 1.54) is 0 Å². The maximum Gasteiger partial charge on any atom is 0.319 e. The van der Waals surface area contributed by atoms with E-state index < -0.39 is 0 Å². The number of amides is 3. The SMILES string of the molecule is COCCn1cc(NC(=O)NCc2ccc(NC(=O)C(C)C)cc2)cn1. The number of nitrogens with one attached hydrogen (secondary N) is 3. The minimum atomic E-state index is -0.312. The number of hydrogen-bond acceptors (Lipinski definition) is 4. The quantitative estimate of drug-likeness (QED) is 0.674. The molecule has 8 heteroatoms. The number of carbonyl (C=O) groups is 2. The first-order valence-corrected chi connectivity index (χ1v) is 8.44. The summed E-state index contributed by atoms with van der Waals surface area (Å²) in [4.78, 5) is 23.6. The Hall–Kier alpha value is -2.87. The van der Waals surface area contributed by atoms with Crippen LogP contribution in [0.4, 0.5) is 16.2 Å². The van der Waals surface area contributed by atoms with Gasteiger partial charge in [-0.15, -0.1) is 0 Å². The van der Waals surface area contributed by atoms with E-state index in [9.17, 15) is 9.59 Å². The third-order valence-corrected chi connectivity index (χ3v) is 3.61. The van der Waals surface area contributed by atoms with Crippen LogP contribution < -0.4 is 16.0 Å². The molecule has 0 aliphatic heterocycles. The summed E-state index contributed by atoms with van der Waals surface area (Å²) in [6.07, 6.45) is 3.33. The fourth-order valence-corrected chi connectivity index (χ4v) is 2.09. The van der Waals surface area contributed by atoms with Crippen molar-refractivity contribution in [3.05, 3.63) is 42.2 Å². The van der Waals surface area contributed by atoms with E-state index in [2.05, 4.69) is 21.0 Å². The molecule has 1 heterocycles. The maximum atomic E-state index is 12.0. The van der Waals surface area contributed by atoms with Gasteiger partial charge in [-0.2, -0.15) is 5.10 Å². The van der Waals surface area contributed by atoms with Crippen molar-refractivity contribution in [3.63, 3.8) is 0 Å². The van der Waals surface area contributed by atoms with Crippen LogP contribution in [-0.4, -0.2) is 35.4 Å². The summed E-state index contributed by atoms with van der Waals surface area (Å²) in [5.74, 6) is -0.0970. The number of rotatable bonds is 8. The highest BCUT2D eigenvalue weighted by Crippen LogP contribution is 2.11. The number of ether oxygens (including phenoxy) is 1. The molecule has 26 heavy (non-hydrogen) atoms. The Balaban J connectivity index is 1.78. The summed E-state index contributed by atoms with van der Waals surface area (Å²) in [5.41, 5.74) is 2.28. The molecular weight excluding hydrogens is 334 g/mol. The van der Waals surface area contributed by atoms with Crippen molar-refractivity contribution in [1.82, 2.24) is 15.1 Å². The predicted molar refractivity (Wildman–Crippen MR) is 99.9 cm³/mol. The zero-order valence-corrected chi connectivity index (χ0v) is 15.3. The molecule has 0 aliphatic carbocycles. The molecule has 3 N–H and O–H groups in total. The molecule has 0 bridgehead atoms. The van der Waals surface area contributed by atoms with Gasteiger partial charge in [0, 0.05) is 31.5 Å². The van der Waals surface area contributed by atoms with Crippen LogP contribution in [0.3, 0.4) is 0 Å². The molecule has 140 valence electrons. The number of anilines is 2. The van der Waals surface area contributed by atoms with E-state index in [4.69, 9.17) is 4.74 Å². The summed E-state index contributed by atoms with van der Waals surface area (Å²) in [7, 11) is 1.63. The molecule has 0 saturated heterocycles. The van der Waals surface area contributed by atoms with Gasteiger partial charge in [0.1, 0.15) is 0 Å². The Morgan fingerprint density at radius 1 is 1.15 bits per heavy atom. The van der Waals surface area contributed by atoms with E-state index in [0.29, 0.717) is 25.4 Å². The average molecular weight is 359 g/mol. The topological polar surface area (TPSA) is 97.3 Å². The van der Waals surface area contributed by atoms with E-state index in [-0.39, 0.29) is 17.9 Å². The van der Waals surface area contributed by atoms with Gasteiger partial charge in [-0.1, -0.05) is 26.0 Å². The van der Waals surface area contributed by atoms with Crippen molar-refractivity contribution in [2.24, 2.45) is 5.92 Å². The largest absolute Gasteiger partial charge is 0.383 e. The number of nitrogens with zero attached hydrogens (tertiary/aromatic N) is 2. The van der Waals surface area contributed by atoms with Gasteiger partial charge in [-0.25, -0.2) is 4.79 Å². The monoisotopic (exact) mass is 359 g/mol. The Morgan fingerprint density at radius 2 is 1.88 bits per heavy atom. The number of methoxy groups -OCH3 is 1. The summed E-state index contributed by atoms with van der Waals surface area (Å²) >= 11 is 0. The van der Waals surface area contributed by atoms with Crippen LogP contribution in [0.2, 0.25) is 0 Å². The lowest BCUT2D eigenvalue weighted by atomic mass is 10.1. The third-order valence-electron chi connectivity index (χ3n) is 3.61. The predicted octanol–water partition coefficient (Wildman–Crippen LogP) is 2.45. The van der Waals surface area contributed by atoms with Crippen molar-refractivity contribution in [2.75, 3.05) is 24.4 Å². The molecule has 3 amide bonds. The molecule has 0 unspecified atom stereocenters. The molecule has 1 aromatic carbocycles. The number of carbonyl (C=O) groups excluding carboxylic acids is 2. The fraction of sp³-hybridized carbons (Fsp3) is 0.389. The molecule has 2 aromatic rings. The van der Waals surface area contributed by atoms with Gasteiger partial charge in [0.25, 0.3) is 0 Å². The lowest BCUT2D eigenvalue weighted by molar-refractivity contribution is -0.118. The highest BCUT2D eigenvalue weighted by Gasteiger charge is 2.07. The van der Waals surface area contributed by atoms with E-state index in [1.54, 1.807) is 24.2 Å². The molecule has 8 nitrogen and oxygen atoms in total. The van der Waals surface area contributed by atoms with Crippen LogP contribution in [0.25, 0.3) is 0 Å². The van der Waals surface area contributed by atoms with Gasteiger partial charge in [-0.3, -0.25) is 9.48 Å². The zero-order chi connectivity index (χ0) is 18.9. The van der Waals surface area contributed by atoms with Gasteiger partial charge in [0.05, 0.1) is 25.0 Å². The first-order chi connectivity index (χ1) is 12.5. The lowest BCUT2D eigenvalue weighted by Crippen LogP contribution is -2.28. The molecule has 1 aromatic heterocycles. The van der Waals surface area contributed by atoms with Gasteiger partial charge in [0.15, 0.2) is 0 Å². The Morgan fingerprint density at radius 3 is 2.54 bits per heavy atom. The molecule has 0 atom stereocenters. The molecule has 0 spiro atoms. The zero-order valence-electron chi connectivity index (χ0n) is 15.3. The maximum absolute atomic E-state index is 12.0. The second-order valence-electron chi connectivity index (χ2n) is 6.13. The summed E-state index contributed by atoms with van der Waals surface area (Å²) < 4.78 is 6.68. The molecular formula is C18H25N5O3. The molecule has 0 aliphatic rings. The molecule has 0 saturated carbocycles. The molecule has 2 rings (SSSR count). The fourth-order valence-electron chi connectivity index (χ4n) is 2.09. The molecule has 0 fully saturated rings. The highest BCUT2D eigenvalue weighted by molar-refractivity contribution is 5.92. The van der Waals surface area contributed by atoms with Gasteiger partial charge >= 0.3 is 6.03 Å². The van der Waals surface area contributed by atoms with Crippen LogP contribution in [0, 0.1) is 5.92 Å². The lowest BCUT2D eigenvalue weighted by Gasteiger charge is -2.09. The van der Waals surface area contributed by atoms with Gasteiger partial charge in [-0.05, 0) is 17.7 Å². The van der Waals surface area contributed by atoms with E-state index in [0.717, 1.165) is 11.3 Å². The summed E-state index contributed by atoms with van der Waals surface area (Å²) in [6.45, 7) is 5.24. The standard InChI is InChI=1S/C18H25N5O3/c1-13(2)17(24)21-15-6-4-14(5-7-15)10-19-18(25)22-16-11-20-23(12-16)8-9-26-3/h4-7,11-13H,8-10H2,1-3H3,(H,21,24)(H2,19,22,25).